The Morgan fingerprint density at radius 1 is 1.22 bits per heavy atom. The molecule has 0 saturated heterocycles. The molecule has 2 rings (SSSR count). The first-order valence-electron chi connectivity index (χ1n) is 2.64. The molecule has 0 N–H and O–H groups in total. The van der Waals surface area contributed by atoms with Crippen molar-refractivity contribution >= 4 is 11.9 Å². The molecule has 1 radical (unpaired) electrons. The molecular weight excluding hydrogens is 114 g/mol. The average Bonchev–Trinajstić information content (AvgIpc) is 2.33. The summed E-state index contributed by atoms with van der Waals surface area (Å²) in [5.41, 5.74) is 1.72. The Labute approximate surface area is 52.5 Å². The summed E-state index contributed by atoms with van der Waals surface area (Å²) in [6.45, 7) is 0. The van der Waals surface area contributed by atoms with Crippen molar-refractivity contribution in [1.29, 1.82) is 0 Å². The molecule has 0 unspecified atom stereocenters. The molecule has 0 aromatic heterocycles. The Morgan fingerprint density at radius 2 is 2.22 bits per heavy atom. The summed E-state index contributed by atoms with van der Waals surface area (Å²) in [6, 6.07) is 0. The lowest BCUT2D eigenvalue weighted by Gasteiger charge is -2.00. The van der Waals surface area contributed by atoms with Gasteiger partial charge < -0.3 is 0 Å². The maximum Gasteiger partial charge on any atom is 0.108 e. The summed E-state index contributed by atoms with van der Waals surface area (Å²) in [5, 5.41) is 4.02. The predicted octanol–water partition coefficient (Wildman–Crippen LogP) is 0.442. The molecular formula is C6H4N3. The Balaban J connectivity index is 2.46. The van der Waals surface area contributed by atoms with Crippen LogP contribution in [-0.2, 0) is 0 Å². The predicted molar refractivity (Wildman–Crippen MR) is 35.3 cm³/mol. The molecule has 0 saturated carbocycles. The van der Waals surface area contributed by atoms with Gasteiger partial charge in [0.25, 0.3) is 0 Å². The summed E-state index contributed by atoms with van der Waals surface area (Å²) in [5.74, 6) is 0. The lowest BCUT2D eigenvalue weighted by atomic mass is 10.3. The van der Waals surface area contributed by atoms with Crippen molar-refractivity contribution < 1.29 is 0 Å². The fourth-order valence-electron chi connectivity index (χ4n) is 0.737. The van der Waals surface area contributed by atoms with Gasteiger partial charge in [-0.25, -0.2) is 0 Å². The zero-order chi connectivity index (χ0) is 6.10. The quantitative estimate of drug-likeness (QED) is 0.443. The highest BCUT2D eigenvalue weighted by molar-refractivity contribution is 6.40. The van der Waals surface area contributed by atoms with Gasteiger partial charge in [0.2, 0.25) is 0 Å². The Kier molecular flexibility index (Phi) is 0.773. The van der Waals surface area contributed by atoms with Gasteiger partial charge in [-0.05, 0) is 0 Å². The van der Waals surface area contributed by atoms with Crippen LogP contribution in [0.25, 0.3) is 0 Å². The minimum atomic E-state index is 0.859. The van der Waals surface area contributed by atoms with Crippen LogP contribution in [0, 0.1) is 0 Å². The van der Waals surface area contributed by atoms with Gasteiger partial charge in [-0.3, -0.25) is 15.3 Å². The highest BCUT2D eigenvalue weighted by Gasteiger charge is 2.10. The first-order valence-corrected chi connectivity index (χ1v) is 2.64. The molecule has 43 valence electrons. The van der Waals surface area contributed by atoms with E-state index in [1.54, 1.807) is 24.8 Å². The second-order valence-corrected chi connectivity index (χ2v) is 1.73. The van der Waals surface area contributed by atoms with Crippen LogP contribution in [0.3, 0.4) is 0 Å². The highest BCUT2D eigenvalue weighted by atomic mass is 15.0. The molecule has 0 bridgehead atoms. The van der Waals surface area contributed by atoms with Crippen molar-refractivity contribution in [2.45, 2.75) is 0 Å². The third-order valence-corrected chi connectivity index (χ3v) is 1.15. The molecule has 0 aromatic carbocycles. The Morgan fingerprint density at radius 3 is 3.11 bits per heavy atom. The molecule has 2 heterocycles. The zero-order valence-electron chi connectivity index (χ0n) is 4.65. The largest absolute Gasteiger partial charge is 0.260 e. The maximum absolute atomic E-state index is 4.02. The topological polar surface area (TPSA) is 38.8 Å². The van der Waals surface area contributed by atoms with Crippen molar-refractivity contribution in [2.24, 2.45) is 9.98 Å². The molecule has 2 aliphatic rings. The molecule has 9 heavy (non-hydrogen) atoms. The van der Waals surface area contributed by atoms with E-state index < -0.39 is 0 Å². The normalized spacial score (nSPS) is 20.4. The third-order valence-electron chi connectivity index (χ3n) is 1.15. The van der Waals surface area contributed by atoms with Crippen molar-refractivity contribution in [2.75, 3.05) is 0 Å². The van der Waals surface area contributed by atoms with Crippen molar-refractivity contribution in [1.82, 2.24) is 5.32 Å². The number of hydrogen-bond donors (Lipinski definition) is 0. The van der Waals surface area contributed by atoms with Crippen LogP contribution in [0.15, 0.2) is 34.3 Å². The number of hydrogen-bond acceptors (Lipinski definition) is 2. The molecule has 0 fully saturated rings. The van der Waals surface area contributed by atoms with Crippen molar-refractivity contribution in [3.8, 4) is 0 Å². The number of aliphatic imine (C=N–C) groups is 2. The Bertz CT molecular complexity index is 245. The van der Waals surface area contributed by atoms with Gasteiger partial charge in [-0.15, -0.1) is 0 Å². The van der Waals surface area contributed by atoms with Crippen molar-refractivity contribution in [3.63, 3.8) is 0 Å². The molecule has 0 aliphatic carbocycles. The van der Waals surface area contributed by atoms with E-state index >= 15 is 0 Å². The number of fused-ring (bicyclic) bond motifs is 1. The van der Waals surface area contributed by atoms with Gasteiger partial charge in [0.1, 0.15) is 11.4 Å². The fourth-order valence-corrected chi connectivity index (χ4v) is 0.737. The molecule has 3 nitrogen and oxygen atoms in total. The molecule has 3 heteroatoms. The maximum atomic E-state index is 4.02. The summed E-state index contributed by atoms with van der Waals surface area (Å²) in [4.78, 5) is 7.89. The monoisotopic (exact) mass is 118 g/mol. The molecule has 0 spiro atoms. The van der Waals surface area contributed by atoms with Crippen LogP contribution in [0.4, 0.5) is 0 Å². The number of allylic oxidation sites excluding steroid dienone is 1. The molecule has 0 aromatic rings. The van der Waals surface area contributed by atoms with Gasteiger partial charge in [0.15, 0.2) is 0 Å². The minimum absolute atomic E-state index is 0.859. The van der Waals surface area contributed by atoms with E-state index in [1.165, 1.54) is 0 Å². The summed E-state index contributed by atoms with van der Waals surface area (Å²) < 4.78 is 0. The summed E-state index contributed by atoms with van der Waals surface area (Å²) in [6.07, 6.45) is 6.71. The smallest absolute Gasteiger partial charge is 0.108 e. The first kappa shape index (κ1) is 4.49. The van der Waals surface area contributed by atoms with Gasteiger partial charge in [-0.1, -0.05) is 0 Å². The molecule has 2 aliphatic heterocycles. The number of nitrogens with zero attached hydrogens (tertiary/aromatic N) is 3. The van der Waals surface area contributed by atoms with E-state index in [9.17, 15) is 0 Å². The third kappa shape index (κ3) is 0.579. The summed E-state index contributed by atoms with van der Waals surface area (Å²) >= 11 is 0. The van der Waals surface area contributed by atoms with Crippen LogP contribution in [0.1, 0.15) is 0 Å². The summed E-state index contributed by atoms with van der Waals surface area (Å²) in [7, 11) is 0. The minimum Gasteiger partial charge on any atom is -0.260 e. The second-order valence-electron chi connectivity index (χ2n) is 1.73. The lowest BCUT2D eigenvalue weighted by molar-refractivity contribution is 1.08. The van der Waals surface area contributed by atoms with Crippen LogP contribution in [0.5, 0.6) is 0 Å². The van der Waals surface area contributed by atoms with Gasteiger partial charge in [0, 0.05) is 12.4 Å². The van der Waals surface area contributed by atoms with Crippen LogP contribution >= 0.6 is 0 Å². The molecule has 0 atom stereocenters. The van der Waals surface area contributed by atoms with E-state index in [1.807, 2.05) is 0 Å². The second kappa shape index (κ2) is 1.55. The average molecular weight is 118 g/mol. The van der Waals surface area contributed by atoms with E-state index in [0.29, 0.717) is 0 Å². The lowest BCUT2D eigenvalue weighted by Crippen LogP contribution is -2.10. The highest BCUT2D eigenvalue weighted by Crippen LogP contribution is 2.05. The van der Waals surface area contributed by atoms with Crippen LogP contribution < -0.4 is 5.32 Å². The van der Waals surface area contributed by atoms with Gasteiger partial charge in [-0.2, -0.15) is 0 Å². The van der Waals surface area contributed by atoms with Gasteiger partial charge >= 0.3 is 0 Å². The van der Waals surface area contributed by atoms with E-state index in [0.717, 1.165) is 11.4 Å². The standard InChI is InChI=1S/C6H4N3/c1-2-9-6-4-7-3-5(6)8-1/h1-4H. The fraction of sp³-hybridized carbons (Fsp3) is 0. The van der Waals surface area contributed by atoms with Crippen LogP contribution in [0.2, 0.25) is 0 Å². The van der Waals surface area contributed by atoms with E-state index in [2.05, 4.69) is 15.3 Å². The Hall–Kier alpha value is -1.38. The van der Waals surface area contributed by atoms with Crippen LogP contribution in [-0.4, -0.2) is 11.9 Å². The molecule has 0 amide bonds. The number of rotatable bonds is 0. The first-order chi connectivity index (χ1) is 4.47. The van der Waals surface area contributed by atoms with Gasteiger partial charge in [0.05, 0.1) is 12.4 Å². The zero-order valence-corrected chi connectivity index (χ0v) is 4.65. The van der Waals surface area contributed by atoms with E-state index in [4.69, 9.17) is 0 Å². The SMILES string of the molecule is C1=CN=C2C=NC=C2[N]1. The van der Waals surface area contributed by atoms with Crippen molar-refractivity contribution in [3.05, 3.63) is 24.3 Å². The van der Waals surface area contributed by atoms with E-state index in [-0.39, 0.29) is 0 Å².